The highest BCUT2D eigenvalue weighted by Gasteiger charge is 2.23. The standard InChI is InChI=1S/C23H30Cl2F2N2O2/c1-3-20(24)22(26)13-16(2)30-11-4-9-28-17-5-6-18(14-17)29-10-12-31-19-7-8-21(25)23(27)15-19/h3,7-8,13,15,17-18,28-29H,1,4-6,9-12,14H2,2H3/b16-13+,22-20-. The number of hydrogen-bond acceptors (Lipinski definition) is 4. The summed E-state index contributed by atoms with van der Waals surface area (Å²) in [7, 11) is 0. The molecule has 2 rings (SSSR count). The molecule has 1 fully saturated rings. The van der Waals surface area contributed by atoms with Crippen LogP contribution in [-0.4, -0.2) is 38.4 Å². The first-order chi connectivity index (χ1) is 14.9. The van der Waals surface area contributed by atoms with Crippen molar-refractivity contribution in [3.63, 3.8) is 0 Å². The molecule has 31 heavy (non-hydrogen) atoms. The minimum absolute atomic E-state index is 0.0283. The van der Waals surface area contributed by atoms with Gasteiger partial charge in [-0.05, 0) is 57.4 Å². The number of rotatable bonds is 13. The van der Waals surface area contributed by atoms with Gasteiger partial charge in [-0.25, -0.2) is 8.78 Å². The number of allylic oxidation sites excluding steroid dienone is 5. The van der Waals surface area contributed by atoms with Gasteiger partial charge in [-0.1, -0.05) is 29.8 Å². The Labute approximate surface area is 193 Å². The van der Waals surface area contributed by atoms with Crippen LogP contribution < -0.4 is 15.4 Å². The van der Waals surface area contributed by atoms with Gasteiger partial charge in [0.15, 0.2) is 0 Å². The Morgan fingerprint density at radius 3 is 2.61 bits per heavy atom. The van der Waals surface area contributed by atoms with Gasteiger partial charge in [-0.15, -0.1) is 0 Å². The molecular formula is C23H30Cl2F2N2O2. The van der Waals surface area contributed by atoms with Crippen LogP contribution in [0, 0.1) is 5.82 Å². The summed E-state index contributed by atoms with van der Waals surface area (Å²) >= 11 is 11.3. The summed E-state index contributed by atoms with van der Waals surface area (Å²) < 4.78 is 38.0. The third kappa shape index (κ3) is 9.60. The number of hydrogen-bond donors (Lipinski definition) is 2. The molecule has 2 unspecified atom stereocenters. The first-order valence-corrected chi connectivity index (χ1v) is 11.2. The molecule has 1 saturated carbocycles. The zero-order valence-corrected chi connectivity index (χ0v) is 19.2. The van der Waals surface area contributed by atoms with Crippen molar-refractivity contribution in [2.45, 2.75) is 44.7 Å². The lowest BCUT2D eigenvalue weighted by atomic mass is 10.2. The Balaban J connectivity index is 1.53. The molecule has 172 valence electrons. The topological polar surface area (TPSA) is 42.5 Å². The average molecular weight is 475 g/mol. The Morgan fingerprint density at radius 2 is 1.94 bits per heavy atom. The highest BCUT2D eigenvalue weighted by atomic mass is 35.5. The molecule has 8 heteroatoms. The van der Waals surface area contributed by atoms with Crippen LogP contribution in [-0.2, 0) is 4.74 Å². The first kappa shape index (κ1) is 25.7. The number of nitrogens with one attached hydrogen (secondary N) is 2. The van der Waals surface area contributed by atoms with Gasteiger partial charge in [0.25, 0.3) is 0 Å². The van der Waals surface area contributed by atoms with Crippen LogP contribution in [0.15, 0.2) is 53.5 Å². The summed E-state index contributed by atoms with van der Waals surface area (Å²) in [5.74, 6) is -0.0762. The van der Waals surface area contributed by atoms with Gasteiger partial charge in [0.1, 0.15) is 24.0 Å². The predicted octanol–water partition coefficient (Wildman–Crippen LogP) is 5.87. The van der Waals surface area contributed by atoms with Gasteiger partial charge < -0.3 is 20.1 Å². The van der Waals surface area contributed by atoms with E-state index in [4.69, 9.17) is 32.7 Å². The Kier molecular flexibility index (Phi) is 11.4. The van der Waals surface area contributed by atoms with Crippen LogP contribution in [0.2, 0.25) is 5.02 Å². The van der Waals surface area contributed by atoms with E-state index in [1.54, 1.807) is 13.0 Å². The molecule has 2 N–H and O–H groups in total. The van der Waals surface area contributed by atoms with E-state index in [1.807, 2.05) is 0 Å². The van der Waals surface area contributed by atoms with E-state index in [-0.39, 0.29) is 10.1 Å². The van der Waals surface area contributed by atoms with Crippen LogP contribution in [0.3, 0.4) is 0 Å². The molecule has 0 spiro atoms. The summed E-state index contributed by atoms with van der Waals surface area (Å²) in [4.78, 5) is 0. The third-order valence-corrected chi connectivity index (χ3v) is 5.59. The smallest absolute Gasteiger partial charge is 0.145 e. The molecule has 1 aliphatic rings. The summed E-state index contributed by atoms with van der Waals surface area (Å²) in [6, 6.07) is 5.35. The fraction of sp³-hybridized carbons (Fsp3) is 0.478. The SMILES string of the molecule is C=C/C(Cl)=C(F)\C=C(/C)OCCCNC1CCC(NCCOc2ccc(Cl)c(F)c2)C1. The van der Waals surface area contributed by atoms with Crippen molar-refractivity contribution >= 4 is 23.2 Å². The van der Waals surface area contributed by atoms with Gasteiger partial charge >= 0.3 is 0 Å². The van der Waals surface area contributed by atoms with Crippen molar-refractivity contribution in [3.8, 4) is 5.75 Å². The van der Waals surface area contributed by atoms with Crippen molar-refractivity contribution in [1.82, 2.24) is 10.6 Å². The van der Waals surface area contributed by atoms with Gasteiger partial charge in [-0.3, -0.25) is 0 Å². The molecule has 0 heterocycles. The monoisotopic (exact) mass is 474 g/mol. The maximum Gasteiger partial charge on any atom is 0.145 e. The second-order valence-electron chi connectivity index (χ2n) is 7.40. The summed E-state index contributed by atoms with van der Waals surface area (Å²) in [5, 5.41) is 7.08. The molecule has 1 aromatic carbocycles. The predicted molar refractivity (Wildman–Crippen MR) is 123 cm³/mol. The van der Waals surface area contributed by atoms with E-state index < -0.39 is 11.6 Å². The average Bonchev–Trinajstić information content (AvgIpc) is 3.20. The summed E-state index contributed by atoms with van der Waals surface area (Å²) in [5.41, 5.74) is 0. The second kappa shape index (κ2) is 13.7. The van der Waals surface area contributed by atoms with Gasteiger partial charge in [0.2, 0.25) is 0 Å². The van der Waals surface area contributed by atoms with Crippen molar-refractivity contribution < 1.29 is 18.3 Å². The minimum Gasteiger partial charge on any atom is -0.498 e. The molecule has 0 saturated heterocycles. The molecule has 1 aromatic rings. The van der Waals surface area contributed by atoms with E-state index >= 15 is 0 Å². The third-order valence-electron chi connectivity index (χ3n) is 4.95. The zero-order chi connectivity index (χ0) is 22.6. The summed E-state index contributed by atoms with van der Waals surface area (Å²) in [6.45, 7) is 7.62. The Bertz CT molecular complexity index is 787. The fourth-order valence-corrected chi connectivity index (χ4v) is 3.52. The number of benzene rings is 1. The molecule has 0 amide bonds. The number of ether oxygens (including phenoxy) is 2. The first-order valence-electron chi connectivity index (χ1n) is 10.4. The fourth-order valence-electron chi connectivity index (χ4n) is 3.35. The maximum absolute atomic E-state index is 13.6. The van der Waals surface area contributed by atoms with E-state index in [1.165, 1.54) is 24.3 Å². The Morgan fingerprint density at radius 1 is 1.23 bits per heavy atom. The summed E-state index contributed by atoms with van der Waals surface area (Å²) in [6.07, 6.45) is 6.59. The minimum atomic E-state index is -0.553. The van der Waals surface area contributed by atoms with Gasteiger partial charge in [0.05, 0.1) is 22.4 Å². The van der Waals surface area contributed by atoms with Crippen LogP contribution in [0.5, 0.6) is 5.75 Å². The van der Waals surface area contributed by atoms with Crippen LogP contribution in [0.1, 0.15) is 32.6 Å². The van der Waals surface area contributed by atoms with Crippen molar-refractivity contribution in [1.29, 1.82) is 0 Å². The van der Waals surface area contributed by atoms with E-state index in [0.29, 0.717) is 43.4 Å². The zero-order valence-electron chi connectivity index (χ0n) is 17.7. The lowest BCUT2D eigenvalue weighted by Gasteiger charge is -2.15. The van der Waals surface area contributed by atoms with Crippen molar-refractivity contribution in [2.24, 2.45) is 0 Å². The highest BCUT2D eigenvalue weighted by Crippen LogP contribution is 2.21. The van der Waals surface area contributed by atoms with Crippen LogP contribution >= 0.6 is 23.2 Å². The molecule has 0 aromatic heterocycles. The van der Waals surface area contributed by atoms with Crippen molar-refractivity contribution in [3.05, 3.63) is 64.4 Å². The highest BCUT2D eigenvalue weighted by molar-refractivity contribution is 6.31. The van der Waals surface area contributed by atoms with E-state index in [9.17, 15) is 8.78 Å². The molecular weight excluding hydrogens is 445 g/mol. The van der Waals surface area contributed by atoms with Crippen LogP contribution in [0.4, 0.5) is 8.78 Å². The quantitative estimate of drug-likeness (QED) is 0.213. The van der Waals surface area contributed by atoms with Gasteiger partial charge in [0, 0.05) is 30.8 Å². The number of halogens is 4. The van der Waals surface area contributed by atoms with Crippen LogP contribution in [0.25, 0.3) is 0 Å². The second-order valence-corrected chi connectivity index (χ2v) is 8.21. The molecule has 0 radical (unpaired) electrons. The lowest BCUT2D eigenvalue weighted by Crippen LogP contribution is -2.34. The molecule has 0 aliphatic heterocycles. The lowest BCUT2D eigenvalue weighted by molar-refractivity contribution is 0.207. The Hall–Kier alpha value is -1.60. The molecule has 1 aliphatic carbocycles. The molecule has 2 atom stereocenters. The van der Waals surface area contributed by atoms with E-state index in [2.05, 4.69) is 17.2 Å². The van der Waals surface area contributed by atoms with Gasteiger partial charge in [-0.2, -0.15) is 0 Å². The largest absolute Gasteiger partial charge is 0.498 e. The molecule has 0 bridgehead atoms. The molecule has 4 nitrogen and oxygen atoms in total. The maximum atomic E-state index is 13.6. The van der Waals surface area contributed by atoms with E-state index in [0.717, 1.165) is 32.2 Å². The van der Waals surface area contributed by atoms with Crippen molar-refractivity contribution in [2.75, 3.05) is 26.3 Å². The normalized spacial score (nSPS) is 19.8.